The van der Waals surface area contributed by atoms with E-state index in [0.717, 1.165) is 11.1 Å². The van der Waals surface area contributed by atoms with E-state index in [1.807, 2.05) is 43.3 Å². The maximum atomic E-state index is 12.3. The lowest BCUT2D eigenvalue weighted by Crippen LogP contribution is -2.27. The van der Waals surface area contributed by atoms with Gasteiger partial charge in [-0.25, -0.2) is 0 Å². The van der Waals surface area contributed by atoms with Gasteiger partial charge in [0, 0.05) is 24.2 Å². The fraction of sp³-hybridized carbons (Fsp3) is 0.211. The molecule has 0 aliphatic heterocycles. The molecule has 0 fully saturated rings. The van der Waals surface area contributed by atoms with Gasteiger partial charge in [0.1, 0.15) is 0 Å². The highest BCUT2D eigenvalue weighted by Gasteiger charge is 2.14. The highest BCUT2D eigenvalue weighted by atomic mass is 35.5. The highest BCUT2D eigenvalue weighted by molar-refractivity contribution is 7.99. The smallest absolute Gasteiger partial charge is 0.277 e. The molecule has 0 saturated carbocycles. The van der Waals surface area contributed by atoms with Crippen LogP contribution >= 0.6 is 23.4 Å². The van der Waals surface area contributed by atoms with E-state index in [1.165, 1.54) is 17.3 Å². The first-order valence-electron chi connectivity index (χ1n) is 8.03. The second-order valence-electron chi connectivity index (χ2n) is 5.91. The summed E-state index contributed by atoms with van der Waals surface area (Å²) in [6, 6.07) is 15.3. The Morgan fingerprint density at radius 2 is 1.96 bits per heavy atom. The maximum Gasteiger partial charge on any atom is 0.277 e. The molecule has 3 aromatic rings. The molecule has 1 amide bonds. The van der Waals surface area contributed by atoms with Crippen LogP contribution in [0.25, 0.3) is 11.5 Å². The SMILES string of the molecule is Cc1ccc(CN(C)C(=O)CSc2nnc(-c3cccc(Cl)c3)o2)cc1. The molecule has 5 nitrogen and oxygen atoms in total. The molecule has 0 aliphatic rings. The number of aromatic nitrogens is 2. The maximum absolute atomic E-state index is 12.3. The van der Waals surface area contributed by atoms with Gasteiger partial charge in [-0.1, -0.05) is 59.3 Å². The lowest BCUT2D eigenvalue weighted by Gasteiger charge is -2.16. The van der Waals surface area contributed by atoms with E-state index in [4.69, 9.17) is 16.0 Å². The molecule has 3 rings (SSSR count). The average molecular weight is 388 g/mol. The zero-order chi connectivity index (χ0) is 18.5. The van der Waals surface area contributed by atoms with Crippen LogP contribution in [-0.4, -0.2) is 33.8 Å². The Labute approximate surface area is 161 Å². The molecule has 0 unspecified atom stereocenters. The molecule has 7 heteroatoms. The van der Waals surface area contributed by atoms with Gasteiger partial charge in [-0.3, -0.25) is 4.79 Å². The molecule has 0 aliphatic carbocycles. The largest absolute Gasteiger partial charge is 0.411 e. The number of rotatable bonds is 6. The lowest BCUT2D eigenvalue weighted by atomic mass is 10.1. The summed E-state index contributed by atoms with van der Waals surface area (Å²) in [6.07, 6.45) is 0. The van der Waals surface area contributed by atoms with E-state index in [0.29, 0.717) is 22.7 Å². The molecular formula is C19H18ClN3O2S. The summed E-state index contributed by atoms with van der Waals surface area (Å²) in [5, 5.41) is 8.94. The Balaban J connectivity index is 1.55. The van der Waals surface area contributed by atoms with Crippen molar-refractivity contribution < 1.29 is 9.21 Å². The lowest BCUT2D eigenvalue weighted by molar-refractivity contribution is -0.127. The molecule has 0 atom stereocenters. The predicted molar refractivity (Wildman–Crippen MR) is 103 cm³/mol. The third kappa shape index (κ3) is 4.86. The zero-order valence-electron chi connectivity index (χ0n) is 14.5. The van der Waals surface area contributed by atoms with Gasteiger partial charge in [-0.15, -0.1) is 10.2 Å². The molecule has 134 valence electrons. The van der Waals surface area contributed by atoms with Gasteiger partial charge in [0.15, 0.2) is 0 Å². The van der Waals surface area contributed by atoms with Crippen LogP contribution in [0.5, 0.6) is 0 Å². The number of carbonyl (C=O) groups is 1. The molecule has 0 radical (unpaired) electrons. The van der Waals surface area contributed by atoms with Crippen molar-refractivity contribution in [2.24, 2.45) is 0 Å². The Morgan fingerprint density at radius 3 is 2.69 bits per heavy atom. The Kier molecular flexibility index (Phi) is 5.96. The van der Waals surface area contributed by atoms with Crippen LogP contribution in [0.3, 0.4) is 0 Å². The number of benzene rings is 2. The highest BCUT2D eigenvalue weighted by Crippen LogP contribution is 2.25. The summed E-state index contributed by atoms with van der Waals surface area (Å²) < 4.78 is 5.60. The number of aryl methyl sites for hydroxylation is 1. The summed E-state index contributed by atoms with van der Waals surface area (Å²) in [5.74, 6) is 0.619. The molecular weight excluding hydrogens is 370 g/mol. The number of hydrogen-bond acceptors (Lipinski definition) is 5. The zero-order valence-corrected chi connectivity index (χ0v) is 16.0. The molecule has 0 saturated heterocycles. The van der Waals surface area contributed by atoms with Gasteiger partial charge in [0.2, 0.25) is 11.8 Å². The monoisotopic (exact) mass is 387 g/mol. The summed E-state index contributed by atoms with van der Waals surface area (Å²) in [6.45, 7) is 2.61. The normalized spacial score (nSPS) is 10.7. The Hall–Kier alpha value is -2.31. The first kappa shape index (κ1) is 18.5. The first-order valence-corrected chi connectivity index (χ1v) is 9.39. The summed E-state index contributed by atoms with van der Waals surface area (Å²) >= 11 is 7.19. The van der Waals surface area contributed by atoms with Crippen LogP contribution < -0.4 is 0 Å². The van der Waals surface area contributed by atoms with Crippen LogP contribution in [0.15, 0.2) is 58.2 Å². The van der Waals surface area contributed by atoms with Gasteiger partial charge in [0.25, 0.3) is 5.22 Å². The van der Waals surface area contributed by atoms with E-state index in [1.54, 1.807) is 24.1 Å². The third-order valence-electron chi connectivity index (χ3n) is 3.76. The molecule has 1 heterocycles. The van der Waals surface area contributed by atoms with Crippen LogP contribution in [0.4, 0.5) is 0 Å². The van der Waals surface area contributed by atoms with E-state index in [-0.39, 0.29) is 11.7 Å². The molecule has 1 aromatic heterocycles. The molecule has 0 bridgehead atoms. The Bertz CT molecular complexity index is 896. The van der Waals surface area contributed by atoms with Gasteiger partial charge in [-0.05, 0) is 30.7 Å². The predicted octanol–water partition coefficient (Wildman–Crippen LogP) is 4.45. The second kappa shape index (κ2) is 8.38. The van der Waals surface area contributed by atoms with Crippen molar-refractivity contribution in [3.05, 3.63) is 64.7 Å². The van der Waals surface area contributed by atoms with Crippen LogP contribution in [0.2, 0.25) is 5.02 Å². The Morgan fingerprint density at radius 1 is 1.19 bits per heavy atom. The second-order valence-corrected chi connectivity index (χ2v) is 7.27. The van der Waals surface area contributed by atoms with E-state index in [9.17, 15) is 4.79 Å². The van der Waals surface area contributed by atoms with Gasteiger partial charge in [0.05, 0.1) is 5.75 Å². The van der Waals surface area contributed by atoms with Gasteiger partial charge >= 0.3 is 0 Å². The average Bonchev–Trinajstić information content (AvgIpc) is 3.10. The molecule has 2 aromatic carbocycles. The third-order valence-corrected chi connectivity index (χ3v) is 4.80. The number of amides is 1. The quantitative estimate of drug-likeness (QED) is 0.585. The van der Waals surface area contributed by atoms with Crippen molar-refractivity contribution in [3.63, 3.8) is 0 Å². The molecule has 0 spiro atoms. The fourth-order valence-electron chi connectivity index (χ4n) is 2.30. The van der Waals surface area contributed by atoms with E-state index in [2.05, 4.69) is 10.2 Å². The van der Waals surface area contributed by atoms with Crippen molar-refractivity contribution >= 4 is 29.3 Å². The van der Waals surface area contributed by atoms with Crippen LogP contribution in [0, 0.1) is 6.92 Å². The van der Waals surface area contributed by atoms with E-state index >= 15 is 0 Å². The molecule has 26 heavy (non-hydrogen) atoms. The number of halogens is 1. The standard InChI is InChI=1S/C19H18ClN3O2S/c1-13-6-8-14(9-7-13)11-23(2)17(24)12-26-19-22-21-18(25-19)15-4-3-5-16(20)10-15/h3-10H,11-12H2,1-2H3. The van der Waals surface area contributed by atoms with Crippen LogP contribution in [0.1, 0.15) is 11.1 Å². The first-order chi connectivity index (χ1) is 12.5. The van der Waals surface area contributed by atoms with Crippen molar-refractivity contribution in [2.45, 2.75) is 18.7 Å². The van der Waals surface area contributed by atoms with Crippen molar-refractivity contribution in [1.82, 2.24) is 15.1 Å². The van der Waals surface area contributed by atoms with Crippen LogP contribution in [-0.2, 0) is 11.3 Å². The summed E-state index contributed by atoms with van der Waals surface area (Å²) in [4.78, 5) is 14.0. The topological polar surface area (TPSA) is 59.2 Å². The minimum atomic E-state index is -0.00178. The van der Waals surface area contributed by atoms with E-state index < -0.39 is 0 Å². The number of carbonyl (C=O) groups excluding carboxylic acids is 1. The number of nitrogens with zero attached hydrogens (tertiary/aromatic N) is 3. The van der Waals surface area contributed by atoms with Crippen molar-refractivity contribution in [2.75, 3.05) is 12.8 Å². The summed E-state index contributed by atoms with van der Waals surface area (Å²) in [7, 11) is 1.79. The molecule has 0 N–H and O–H groups in total. The minimum Gasteiger partial charge on any atom is -0.411 e. The summed E-state index contributed by atoms with van der Waals surface area (Å²) in [5.41, 5.74) is 3.04. The number of hydrogen-bond donors (Lipinski definition) is 0. The fourth-order valence-corrected chi connectivity index (χ4v) is 3.19. The van der Waals surface area contributed by atoms with Crippen molar-refractivity contribution in [1.29, 1.82) is 0 Å². The van der Waals surface area contributed by atoms with Gasteiger partial charge < -0.3 is 9.32 Å². The van der Waals surface area contributed by atoms with Crippen molar-refractivity contribution in [3.8, 4) is 11.5 Å². The minimum absolute atomic E-state index is 0.00178. The van der Waals surface area contributed by atoms with Gasteiger partial charge in [-0.2, -0.15) is 0 Å². The number of thioether (sulfide) groups is 1.